The lowest BCUT2D eigenvalue weighted by Crippen LogP contribution is -2.31. The van der Waals surface area contributed by atoms with Crippen molar-refractivity contribution >= 4 is 22.8 Å². The quantitative estimate of drug-likeness (QED) is 0.600. The van der Waals surface area contributed by atoms with Crippen molar-refractivity contribution in [2.75, 3.05) is 13.2 Å². The molecule has 0 saturated carbocycles. The predicted molar refractivity (Wildman–Crippen MR) is 105 cm³/mol. The number of rotatable bonds is 8. The van der Waals surface area contributed by atoms with Crippen molar-refractivity contribution in [2.45, 2.75) is 25.7 Å². The van der Waals surface area contributed by atoms with E-state index < -0.39 is 0 Å². The number of hydrogen-bond donors (Lipinski definition) is 2. The number of esters is 1. The second kappa shape index (κ2) is 9.03. The van der Waals surface area contributed by atoms with Crippen LogP contribution in [-0.4, -0.2) is 30.0 Å². The number of aromatic nitrogens is 1. The van der Waals surface area contributed by atoms with E-state index in [0.717, 1.165) is 22.0 Å². The average Bonchev–Trinajstić information content (AvgIpc) is 3.12. The van der Waals surface area contributed by atoms with Crippen molar-refractivity contribution in [1.29, 1.82) is 0 Å². The van der Waals surface area contributed by atoms with E-state index in [2.05, 4.69) is 10.3 Å². The van der Waals surface area contributed by atoms with Gasteiger partial charge in [-0.15, -0.1) is 0 Å². The molecular weight excluding hydrogens is 340 g/mol. The molecule has 27 heavy (non-hydrogen) atoms. The van der Waals surface area contributed by atoms with E-state index in [-0.39, 0.29) is 30.8 Å². The van der Waals surface area contributed by atoms with Gasteiger partial charge in [-0.25, -0.2) is 0 Å². The van der Waals surface area contributed by atoms with Gasteiger partial charge in [0.2, 0.25) is 0 Å². The smallest absolute Gasteiger partial charge is 0.306 e. The lowest BCUT2D eigenvalue weighted by Gasteiger charge is -2.13. The molecular formula is C22H24N2O3. The number of H-pyrrole nitrogens is 1. The maximum Gasteiger partial charge on any atom is 0.306 e. The third kappa shape index (κ3) is 5.20. The summed E-state index contributed by atoms with van der Waals surface area (Å²) in [7, 11) is 0. The Labute approximate surface area is 158 Å². The van der Waals surface area contributed by atoms with Crippen LogP contribution in [0.3, 0.4) is 0 Å². The number of fused-ring (bicyclic) bond motifs is 1. The summed E-state index contributed by atoms with van der Waals surface area (Å²) in [4.78, 5) is 27.0. The van der Waals surface area contributed by atoms with Gasteiger partial charge in [0, 0.05) is 30.1 Å². The molecule has 5 nitrogen and oxygen atoms in total. The van der Waals surface area contributed by atoms with Crippen LogP contribution in [0.4, 0.5) is 0 Å². The molecule has 2 aromatic carbocycles. The largest absolute Gasteiger partial charge is 0.456 e. The minimum absolute atomic E-state index is 0.202. The first-order valence-electron chi connectivity index (χ1n) is 9.15. The van der Waals surface area contributed by atoms with Gasteiger partial charge in [0.1, 0.15) is 0 Å². The van der Waals surface area contributed by atoms with Gasteiger partial charge in [-0.2, -0.15) is 0 Å². The van der Waals surface area contributed by atoms with Crippen LogP contribution < -0.4 is 5.32 Å². The summed E-state index contributed by atoms with van der Waals surface area (Å²) in [5, 5.41) is 3.92. The molecule has 3 aromatic rings. The number of aromatic amines is 1. The van der Waals surface area contributed by atoms with E-state index in [1.165, 1.54) is 0 Å². The molecule has 140 valence electrons. The van der Waals surface area contributed by atoms with Crippen molar-refractivity contribution < 1.29 is 14.3 Å². The van der Waals surface area contributed by atoms with Gasteiger partial charge in [-0.3, -0.25) is 9.59 Å². The number of para-hydroxylation sites is 1. The number of carbonyl (C=O) groups is 2. The number of amides is 1. The number of carbonyl (C=O) groups excluding carboxylic acids is 2. The van der Waals surface area contributed by atoms with E-state index in [1.807, 2.05) is 67.7 Å². The molecule has 0 spiro atoms. The van der Waals surface area contributed by atoms with Gasteiger partial charge in [-0.1, -0.05) is 55.5 Å². The van der Waals surface area contributed by atoms with Gasteiger partial charge >= 0.3 is 5.97 Å². The van der Waals surface area contributed by atoms with Crippen LogP contribution in [0.15, 0.2) is 60.8 Å². The molecule has 3 rings (SSSR count). The first-order chi connectivity index (χ1) is 13.1. The van der Waals surface area contributed by atoms with Crippen molar-refractivity contribution in [1.82, 2.24) is 10.3 Å². The Hall–Kier alpha value is -3.08. The summed E-state index contributed by atoms with van der Waals surface area (Å²) in [6.07, 6.45) is 2.74. The molecule has 0 radical (unpaired) electrons. The summed E-state index contributed by atoms with van der Waals surface area (Å²) in [6, 6.07) is 17.9. The monoisotopic (exact) mass is 364 g/mol. The SMILES string of the molecule is C[C@@H](CNC(=O)COC(=O)CCc1c[nH]c2ccccc12)c1ccccc1. The molecule has 0 unspecified atom stereocenters. The zero-order valence-corrected chi connectivity index (χ0v) is 15.4. The molecule has 1 heterocycles. The highest BCUT2D eigenvalue weighted by Crippen LogP contribution is 2.19. The van der Waals surface area contributed by atoms with Crippen LogP contribution in [0.2, 0.25) is 0 Å². The molecule has 1 amide bonds. The normalized spacial score (nSPS) is 11.9. The van der Waals surface area contributed by atoms with Crippen LogP contribution in [-0.2, 0) is 20.7 Å². The fraction of sp³-hybridized carbons (Fsp3) is 0.273. The van der Waals surface area contributed by atoms with Crippen molar-refractivity contribution in [2.24, 2.45) is 0 Å². The highest BCUT2D eigenvalue weighted by Gasteiger charge is 2.11. The first-order valence-corrected chi connectivity index (χ1v) is 9.15. The molecule has 0 bridgehead atoms. The highest BCUT2D eigenvalue weighted by atomic mass is 16.5. The second-order valence-electron chi connectivity index (χ2n) is 6.64. The summed E-state index contributed by atoms with van der Waals surface area (Å²) < 4.78 is 5.09. The van der Waals surface area contributed by atoms with Gasteiger partial charge in [0.05, 0.1) is 0 Å². The molecule has 1 aromatic heterocycles. The minimum Gasteiger partial charge on any atom is -0.456 e. The highest BCUT2D eigenvalue weighted by molar-refractivity contribution is 5.84. The van der Waals surface area contributed by atoms with Crippen LogP contribution in [0, 0.1) is 0 Å². The maximum absolute atomic E-state index is 11.9. The van der Waals surface area contributed by atoms with Crippen molar-refractivity contribution in [3.63, 3.8) is 0 Å². The van der Waals surface area contributed by atoms with E-state index in [9.17, 15) is 9.59 Å². The molecule has 0 aliphatic rings. The lowest BCUT2D eigenvalue weighted by atomic mass is 10.0. The molecule has 2 N–H and O–H groups in total. The zero-order valence-electron chi connectivity index (χ0n) is 15.4. The standard InChI is InChI=1S/C22H24N2O3/c1-16(17-7-3-2-4-8-17)13-24-21(25)15-27-22(26)12-11-18-14-23-20-10-6-5-9-19(18)20/h2-10,14,16,23H,11-13,15H2,1H3,(H,24,25)/t16-/m0/s1. The summed E-state index contributed by atoms with van der Waals surface area (Å²) in [5.41, 5.74) is 3.28. The minimum atomic E-state index is -0.369. The molecule has 0 fully saturated rings. The van der Waals surface area contributed by atoms with Crippen LogP contribution >= 0.6 is 0 Å². The van der Waals surface area contributed by atoms with Gasteiger partial charge in [0.25, 0.3) is 5.91 Å². The fourth-order valence-electron chi connectivity index (χ4n) is 3.01. The zero-order chi connectivity index (χ0) is 19.1. The molecule has 0 aliphatic carbocycles. The van der Waals surface area contributed by atoms with Crippen LogP contribution in [0.1, 0.15) is 30.4 Å². The van der Waals surface area contributed by atoms with E-state index in [0.29, 0.717) is 13.0 Å². The Bertz CT molecular complexity index is 902. The van der Waals surface area contributed by atoms with E-state index in [1.54, 1.807) is 0 Å². The number of ether oxygens (including phenoxy) is 1. The Kier molecular flexibility index (Phi) is 6.26. The predicted octanol–water partition coefficient (Wildman–Crippen LogP) is 3.56. The number of benzene rings is 2. The van der Waals surface area contributed by atoms with E-state index in [4.69, 9.17) is 4.74 Å². The summed E-state index contributed by atoms with van der Waals surface area (Å²) in [6.45, 7) is 2.31. The maximum atomic E-state index is 11.9. The van der Waals surface area contributed by atoms with Gasteiger partial charge in [-0.05, 0) is 29.5 Å². The Morgan fingerprint density at radius 1 is 1.07 bits per heavy atom. The third-order valence-corrected chi connectivity index (χ3v) is 4.61. The average molecular weight is 364 g/mol. The lowest BCUT2D eigenvalue weighted by molar-refractivity contribution is -0.148. The topological polar surface area (TPSA) is 71.2 Å². The summed E-state index contributed by atoms with van der Waals surface area (Å²) >= 11 is 0. The number of aryl methyl sites for hydroxylation is 1. The first kappa shape index (κ1) is 18.7. The number of nitrogens with one attached hydrogen (secondary N) is 2. The molecule has 5 heteroatoms. The summed E-state index contributed by atoms with van der Waals surface area (Å²) in [5.74, 6) is -0.447. The van der Waals surface area contributed by atoms with Crippen LogP contribution in [0.25, 0.3) is 10.9 Å². The Balaban J connectivity index is 1.38. The third-order valence-electron chi connectivity index (χ3n) is 4.61. The molecule has 0 aliphatic heterocycles. The molecule has 1 atom stereocenters. The Morgan fingerprint density at radius 2 is 1.81 bits per heavy atom. The van der Waals surface area contributed by atoms with E-state index >= 15 is 0 Å². The molecule has 0 saturated heterocycles. The van der Waals surface area contributed by atoms with Crippen LogP contribution in [0.5, 0.6) is 0 Å². The second-order valence-corrected chi connectivity index (χ2v) is 6.64. The van der Waals surface area contributed by atoms with Gasteiger partial charge in [0.15, 0.2) is 6.61 Å². The fourth-order valence-corrected chi connectivity index (χ4v) is 3.01. The van der Waals surface area contributed by atoms with Crippen molar-refractivity contribution in [3.8, 4) is 0 Å². The van der Waals surface area contributed by atoms with Gasteiger partial charge < -0.3 is 15.0 Å². The Morgan fingerprint density at radius 3 is 2.63 bits per heavy atom. The van der Waals surface area contributed by atoms with Crippen molar-refractivity contribution in [3.05, 3.63) is 71.9 Å². The number of hydrogen-bond acceptors (Lipinski definition) is 3.